The molecule has 13 nitrogen and oxygen atoms in total. The molecule has 4 amide bonds. The maximum atomic E-state index is 14.1. The van der Waals surface area contributed by atoms with Gasteiger partial charge in [-0.2, -0.15) is 0 Å². The first-order chi connectivity index (χ1) is 23.6. The summed E-state index contributed by atoms with van der Waals surface area (Å²) in [6.07, 6.45) is 0.231. The molecule has 0 saturated carbocycles. The fraction of sp³-hybridized carbons (Fsp3) is 0.730. The zero-order valence-corrected chi connectivity index (χ0v) is 31.5. The van der Waals surface area contributed by atoms with Crippen molar-refractivity contribution in [3.63, 3.8) is 0 Å². The minimum absolute atomic E-state index is 0.00803. The Morgan fingerprint density at radius 3 is 2.18 bits per heavy atom. The van der Waals surface area contributed by atoms with E-state index in [0.717, 1.165) is 12.0 Å². The number of hydrogen-bond donors (Lipinski definition) is 5. The van der Waals surface area contributed by atoms with Gasteiger partial charge in [0.1, 0.15) is 12.1 Å². The summed E-state index contributed by atoms with van der Waals surface area (Å²) >= 11 is 0. The van der Waals surface area contributed by atoms with Gasteiger partial charge in [0.25, 0.3) is 0 Å². The molecular weight excluding hydrogens is 642 g/mol. The lowest BCUT2D eigenvalue weighted by atomic mass is 9.89. The predicted octanol–water partition coefficient (Wildman–Crippen LogP) is 1.48. The first kappa shape index (κ1) is 43.1. The molecule has 1 saturated heterocycles. The number of rotatable bonds is 20. The molecule has 13 heteroatoms. The van der Waals surface area contributed by atoms with Gasteiger partial charge in [0.05, 0.1) is 55.4 Å². The van der Waals surface area contributed by atoms with Crippen LogP contribution in [-0.4, -0.2) is 127 Å². The molecular formula is C37H63N5O8. The Morgan fingerprint density at radius 1 is 1.02 bits per heavy atom. The van der Waals surface area contributed by atoms with Crippen LogP contribution in [0.1, 0.15) is 72.8 Å². The molecule has 1 aromatic carbocycles. The lowest BCUT2D eigenvalue weighted by molar-refractivity contribution is -0.148. The molecule has 0 aliphatic carbocycles. The minimum Gasteiger partial charge on any atom is -0.394 e. The molecule has 10 atom stereocenters. The molecule has 50 heavy (non-hydrogen) atoms. The number of likely N-dealkylation sites (N-methyl/N-ethyl adjacent to an activating group) is 1. The average Bonchev–Trinajstić information content (AvgIpc) is 3.59. The van der Waals surface area contributed by atoms with Crippen molar-refractivity contribution < 1.29 is 38.9 Å². The lowest BCUT2D eigenvalue weighted by Crippen LogP contribution is -2.60. The topological polar surface area (TPSA) is 184 Å². The van der Waals surface area contributed by atoms with Crippen molar-refractivity contribution in [2.75, 3.05) is 34.4 Å². The number of benzene rings is 1. The van der Waals surface area contributed by atoms with Crippen LogP contribution in [0.2, 0.25) is 0 Å². The van der Waals surface area contributed by atoms with Crippen molar-refractivity contribution >= 4 is 23.6 Å². The number of carbonyl (C=O) groups excluding carboxylic acids is 4. The summed E-state index contributed by atoms with van der Waals surface area (Å²) in [6, 6.07) is 6.20. The second-order valence-electron chi connectivity index (χ2n) is 14.2. The van der Waals surface area contributed by atoms with E-state index in [4.69, 9.17) is 15.2 Å². The molecule has 1 fully saturated rings. The van der Waals surface area contributed by atoms with Crippen molar-refractivity contribution in [2.24, 2.45) is 23.5 Å². The predicted molar refractivity (Wildman–Crippen MR) is 192 cm³/mol. The second-order valence-corrected chi connectivity index (χ2v) is 14.2. The zero-order valence-electron chi connectivity index (χ0n) is 31.5. The lowest BCUT2D eigenvalue weighted by Gasteiger charge is -2.41. The van der Waals surface area contributed by atoms with Crippen molar-refractivity contribution in [1.82, 2.24) is 20.4 Å². The number of nitrogens with one attached hydrogen (secondary N) is 2. The molecule has 1 aromatic rings. The van der Waals surface area contributed by atoms with Crippen LogP contribution in [0.25, 0.3) is 0 Å². The molecule has 0 aromatic heterocycles. The van der Waals surface area contributed by atoms with E-state index >= 15 is 0 Å². The third-order valence-corrected chi connectivity index (χ3v) is 10.2. The van der Waals surface area contributed by atoms with Crippen molar-refractivity contribution in [1.29, 1.82) is 0 Å². The van der Waals surface area contributed by atoms with Gasteiger partial charge < -0.3 is 45.9 Å². The van der Waals surface area contributed by atoms with Crippen LogP contribution in [-0.2, 0) is 35.1 Å². The largest absolute Gasteiger partial charge is 0.394 e. The van der Waals surface area contributed by atoms with Gasteiger partial charge in [-0.25, -0.2) is 0 Å². The van der Waals surface area contributed by atoms with E-state index in [1.165, 1.54) is 14.0 Å². The number of aliphatic hydroxyl groups is 2. The third-order valence-electron chi connectivity index (χ3n) is 10.2. The normalized spacial score (nSPS) is 20.2. The SMILES string of the molecule is CC[C@H](C)[C@@H]([C@@H](CC(=O)N1CCC[C@H]1[C@H](OC)[C@@H](C)C(=O)N[C@H](CO)Cc1ccccc1)OC)N(C)C(=O)[C@@H](NC(=O)[C@H](N)[C@H](C)O)C(C)C. The van der Waals surface area contributed by atoms with Crippen LogP contribution in [0.5, 0.6) is 0 Å². The van der Waals surface area contributed by atoms with Crippen molar-refractivity contribution in [3.05, 3.63) is 35.9 Å². The van der Waals surface area contributed by atoms with Crippen LogP contribution < -0.4 is 16.4 Å². The number of likely N-dealkylation sites (tertiary alicyclic amines) is 1. The highest BCUT2D eigenvalue weighted by Gasteiger charge is 2.43. The number of aliphatic hydroxyl groups excluding tert-OH is 2. The summed E-state index contributed by atoms with van der Waals surface area (Å²) in [4.78, 5) is 57.5. The Hall–Kier alpha value is -3.10. The summed E-state index contributed by atoms with van der Waals surface area (Å²) in [7, 11) is 4.72. The van der Waals surface area contributed by atoms with E-state index in [1.807, 2.05) is 58.0 Å². The zero-order chi connectivity index (χ0) is 37.7. The smallest absolute Gasteiger partial charge is 0.245 e. The number of hydrogen-bond acceptors (Lipinski definition) is 9. The Kier molecular flexibility index (Phi) is 17.8. The highest BCUT2D eigenvalue weighted by Crippen LogP contribution is 2.29. The average molecular weight is 706 g/mol. The Bertz CT molecular complexity index is 1220. The molecule has 1 heterocycles. The summed E-state index contributed by atoms with van der Waals surface area (Å²) in [6.45, 7) is 11.1. The quantitative estimate of drug-likeness (QED) is 0.134. The molecule has 6 N–H and O–H groups in total. The molecule has 284 valence electrons. The first-order valence-corrected chi connectivity index (χ1v) is 17.9. The number of nitrogens with zero attached hydrogens (tertiary/aromatic N) is 2. The first-order valence-electron chi connectivity index (χ1n) is 17.9. The summed E-state index contributed by atoms with van der Waals surface area (Å²) in [5.74, 6) is -2.36. The highest BCUT2D eigenvalue weighted by molar-refractivity contribution is 5.90. The van der Waals surface area contributed by atoms with Crippen LogP contribution in [0.4, 0.5) is 0 Å². The van der Waals surface area contributed by atoms with Gasteiger partial charge in [-0.3, -0.25) is 19.2 Å². The Morgan fingerprint density at radius 2 is 1.66 bits per heavy atom. The summed E-state index contributed by atoms with van der Waals surface area (Å²) in [5, 5.41) is 25.5. The maximum Gasteiger partial charge on any atom is 0.245 e. The van der Waals surface area contributed by atoms with Crippen LogP contribution >= 0.6 is 0 Å². The monoisotopic (exact) mass is 705 g/mol. The minimum atomic E-state index is -1.19. The molecule has 0 radical (unpaired) electrons. The molecule has 1 aliphatic heterocycles. The van der Waals surface area contributed by atoms with Gasteiger partial charge in [-0.1, -0.05) is 71.4 Å². The van der Waals surface area contributed by atoms with Gasteiger partial charge in [-0.05, 0) is 43.6 Å². The summed E-state index contributed by atoms with van der Waals surface area (Å²) in [5.41, 5.74) is 6.84. The maximum absolute atomic E-state index is 14.1. The van der Waals surface area contributed by atoms with E-state index in [2.05, 4.69) is 10.6 Å². The van der Waals surface area contributed by atoms with Crippen molar-refractivity contribution in [2.45, 2.75) is 122 Å². The van der Waals surface area contributed by atoms with E-state index in [1.54, 1.807) is 30.9 Å². The fourth-order valence-corrected chi connectivity index (χ4v) is 6.90. The molecule has 0 spiro atoms. The van der Waals surface area contributed by atoms with Crippen LogP contribution in [0.3, 0.4) is 0 Å². The van der Waals surface area contributed by atoms with Gasteiger partial charge in [0.2, 0.25) is 23.6 Å². The van der Waals surface area contributed by atoms with Gasteiger partial charge >= 0.3 is 0 Å². The number of nitrogens with two attached hydrogens (primary N) is 1. The number of amides is 4. The molecule has 0 bridgehead atoms. The molecule has 1 aliphatic rings. The number of methoxy groups -OCH3 is 2. The Labute approximate surface area is 298 Å². The van der Waals surface area contributed by atoms with Gasteiger partial charge in [0.15, 0.2) is 0 Å². The number of carbonyl (C=O) groups is 4. The van der Waals surface area contributed by atoms with Gasteiger partial charge in [-0.15, -0.1) is 0 Å². The van der Waals surface area contributed by atoms with E-state index in [9.17, 15) is 29.4 Å². The standard InChI is InChI=1S/C37H63N5O8/c1-10-23(4)33(41(7)37(48)32(22(2)3)40-36(47)31(38)25(6)44)29(49-8)20-30(45)42-18-14-17-28(42)34(50-9)24(5)35(46)39-27(21-43)19-26-15-12-11-13-16-26/h11-13,15-16,22-25,27-29,31-34,43-44H,10,14,17-21,38H2,1-9H3,(H,39,46)(H,40,47)/t23-,24+,25-,27-,28-,29+,31+,32-,33-,34+/m0/s1. The summed E-state index contributed by atoms with van der Waals surface area (Å²) < 4.78 is 11.8. The second kappa shape index (κ2) is 20.7. The fourth-order valence-electron chi connectivity index (χ4n) is 6.90. The highest BCUT2D eigenvalue weighted by atomic mass is 16.5. The molecule has 2 rings (SSSR count). The van der Waals surface area contributed by atoms with E-state index < -0.39 is 54.3 Å². The molecule has 0 unspecified atom stereocenters. The van der Waals surface area contributed by atoms with Crippen LogP contribution in [0, 0.1) is 17.8 Å². The number of ether oxygens (including phenoxy) is 2. The van der Waals surface area contributed by atoms with E-state index in [-0.39, 0.29) is 48.6 Å². The van der Waals surface area contributed by atoms with Crippen LogP contribution in [0.15, 0.2) is 30.3 Å². The Balaban J connectivity index is 2.23. The van der Waals surface area contributed by atoms with Crippen molar-refractivity contribution in [3.8, 4) is 0 Å². The van der Waals surface area contributed by atoms with E-state index in [0.29, 0.717) is 25.8 Å². The van der Waals surface area contributed by atoms with Gasteiger partial charge in [0, 0.05) is 27.8 Å². The third kappa shape index (κ3) is 11.5.